The van der Waals surface area contributed by atoms with Gasteiger partial charge in [0.05, 0.1) is 14.2 Å². The van der Waals surface area contributed by atoms with Crippen LogP contribution in [0.5, 0.6) is 11.5 Å². The number of rotatable bonds is 5. The van der Waals surface area contributed by atoms with E-state index in [4.69, 9.17) is 15.2 Å². The van der Waals surface area contributed by atoms with Gasteiger partial charge < -0.3 is 15.2 Å². The van der Waals surface area contributed by atoms with E-state index >= 15 is 0 Å². The first-order valence-electron chi connectivity index (χ1n) is 5.90. The summed E-state index contributed by atoms with van der Waals surface area (Å²) in [6.45, 7) is 6.34. The molecular weight excluding hydrogens is 214 g/mol. The summed E-state index contributed by atoms with van der Waals surface area (Å²) in [6, 6.07) is 5.85. The van der Waals surface area contributed by atoms with Crippen molar-refractivity contribution in [1.29, 1.82) is 0 Å². The van der Waals surface area contributed by atoms with Gasteiger partial charge in [-0.3, -0.25) is 0 Å². The van der Waals surface area contributed by atoms with E-state index in [2.05, 4.69) is 20.8 Å². The van der Waals surface area contributed by atoms with Crippen LogP contribution in [-0.2, 0) is 6.42 Å². The van der Waals surface area contributed by atoms with Crippen LogP contribution in [0.3, 0.4) is 0 Å². The van der Waals surface area contributed by atoms with Crippen LogP contribution in [0.15, 0.2) is 18.2 Å². The molecule has 0 aromatic heterocycles. The monoisotopic (exact) mass is 237 g/mol. The highest BCUT2D eigenvalue weighted by molar-refractivity contribution is 5.41. The summed E-state index contributed by atoms with van der Waals surface area (Å²) in [6.07, 6.45) is 0.790. The Balaban J connectivity index is 2.98. The first-order valence-corrected chi connectivity index (χ1v) is 5.90. The molecule has 0 fully saturated rings. The molecule has 0 heterocycles. The van der Waals surface area contributed by atoms with Crippen molar-refractivity contribution in [2.45, 2.75) is 32.7 Å². The summed E-state index contributed by atoms with van der Waals surface area (Å²) in [4.78, 5) is 0. The Kier molecular flexibility index (Phi) is 4.40. The van der Waals surface area contributed by atoms with Crippen molar-refractivity contribution in [2.75, 3.05) is 14.2 Å². The molecule has 0 aliphatic heterocycles. The van der Waals surface area contributed by atoms with Gasteiger partial charge in [0.2, 0.25) is 0 Å². The van der Waals surface area contributed by atoms with Gasteiger partial charge in [0, 0.05) is 11.6 Å². The van der Waals surface area contributed by atoms with Crippen LogP contribution in [0.2, 0.25) is 0 Å². The number of nitrogens with two attached hydrogens (primary N) is 1. The fraction of sp³-hybridized carbons (Fsp3) is 0.571. The Morgan fingerprint density at radius 3 is 2.35 bits per heavy atom. The molecule has 0 saturated heterocycles. The van der Waals surface area contributed by atoms with E-state index < -0.39 is 0 Å². The molecule has 2 N–H and O–H groups in total. The van der Waals surface area contributed by atoms with Crippen molar-refractivity contribution in [3.8, 4) is 11.5 Å². The maximum absolute atomic E-state index is 6.30. The third-order valence-electron chi connectivity index (χ3n) is 3.38. The van der Waals surface area contributed by atoms with Crippen molar-refractivity contribution >= 4 is 0 Å². The Hall–Kier alpha value is -1.22. The van der Waals surface area contributed by atoms with E-state index in [1.165, 1.54) is 0 Å². The highest BCUT2D eigenvalue weighted by atomic mass is 16.5. The Morgan fingerprint density at radius 2 is 1.88 bits per heavy atom. The second-order valence-corrected chi connectivity index (χ2v) is 5.02. The minimum absolute atomic E-state index is 0.234. The van der Waals surface area contributed by atoms with Gasteiger partial charge in [-0.25, -0.2) is 0 Å². The molecule has 1 atom stereocenters. The lowest BCUT2D eigenvalue weighted by Gasteiger charge is -2.30. The van der Waals surface area contributed by atoms with Crippen LogP contribution < -0.4 is 15.2 Å². The van der Waals surface area contributed by atoms with Gasteiger partial charge >= 0.3 is 0 Å². The standard InChI is InChI=1S/C14H23NO2/c1-10(2)14(3,15)9-11-6-7-12(16-4)8-13(11)17-5/h6-8,10H,9,15H2,1-5H3. The zero-order valence-electron chi connectivity index (χ0n) is 11.4. The number of ether oxygens (including phenoxy) is 2. The number of benzene rings is 1. The van der Waals surface area contributed by atoms with Crippen LogP contribution in [0.1, 0.15) is 26.3 Å². The lowest BCUT2D eigenvalue weighted by molar-refractivity contribution is 0.329. The molecule has 1 aromatic rings. The lowest BCUT2D eigenvalue weighted by Crippen LogP contribution is -2.43. The quantitative estimate of drug-likeness (QED) is 0.856. The molecule has 0 amide bonds. The summed E-state index contributed by atoms with van der Waals surface area (Å²) in [5.74, 6) is 2.05. The van der Waals surface area contributed by atoms with Crippen molar-refractivity contribution in [2.24, 2.45) is 11.7 Å². The Morgan fingerprint density at radius 1 is 1.24 bits per heavy atom. The second-order valence-electron chi connectivity index (χ2n) is 5.02. The number of methoxy groups -OCH3 is 2. The average molecular weight is 237 g/mol. The van der Waals surface area contributed by atoms with Crippen LogP contribution in [0.4, 0.5) is 0 Å². The lowest BCUT2D eigenvalue weighted by atomic mass is 9.83. The second kappa shape index (κ2) is 5.41. The molecule has 3 heteroatoms. The highest BCUT2D eigenvalue weighted by Gasteiger charge is 2.24. The van der Waals surface area contributed by atoms with Gasteiger partial charge in [-0.05, 0) is 30.9 Å². The molecule has 0 radical (unpaired) electrons. The Bertz CT molecular complexity index is 372. The van der Waals surface area contributed by atoms with Crippen LogP contribution in [0.25, 0.3) is 0 Å². The third kappa shape index (κ3) is 3.37. The fourth-order valence-corrected chi connectivity index (χ4v) is 1.61. The van der Waals surface area contributed by atoms with Crippen LogP contribution >= 0.6 is 0 Å². The van der Waals surface area contributed by atoms with E-state index in [0.29, 0.717) is 5.92 Å². The predicted octanol–water partition coefficient (Wildman–Crippen LogP) is 2.62. The largest absolute Gasteiger partial charge is 0.497 e. The molecule has 17 heavy (non-hydrogen) atoms. The summed E-state index contributed by atoms with van der Waals surface area (Å²) >= 11 is 0. The zero-order valence-corrected chi connectivity index (χ0v) is 11.4. The van der Waals surface area contributed by atoms with Gasteiger partial charge in [0.25, 0.3) is 0 Å². The number of hydrogen-bond donors (Lipinski definition) is 1. The summed E-state index contributed by atoms with van der Waals surface area (Å²) in [5.41, 5.74) is 7.18. The van der Waals surface area contributed by atoms with Gasteiger partial charge in [-0.1, -0.05) is 19.9 Å². The predicted molar refractivity (Wildman–Crippen MR) is 70.7 cm³/mol. The molecule has 1 unspecified atom stereocenters. The van der Waals surface area contributed by atoms with Crippen molar-refractivity contribution in [3.63, 3.8) is 0 Å². The molecule has 3 nitrogen and oxygen atoms in total. The molecule has 96 valence electrons. The van der Waals surface area contributed by atoms with Crippen molar-refractivity contribution < 1.29 is 9.47 Å². The van der Waals surface area contributed by atoms with Crippen LogP contribution in [-0.4, -0.2) is 19.8 Å². The SMILES string of the molecule is COc1ccc(CC(C)(N)C(C)C)c(OC)c1. The molecular formula is C14H23NO2. The molecule has 0 saturated carbocycles. The zero-order chi connectivity index (χ0) is 13.1. The van der Waals surface area contributed by atoms with E-state index in [1.807, 2.05) is 18.2 Å². The molecule has 0 bridgehead atoms. The molecule has 0 aliphatic rings. The molecule has 1 rings (SSSR count). The molecule has 0 aliphatic carbocycles. The summed E-state index contributed by atoms with van der Waals surface area (Å²) in [7, 11) is 3.32. The normalized spacial score (nSPS) is 14.5. The Labute approximate surface area is 104 Å². The average Bonchev–Trinajstić information content (AvgIpc) is 2.29. The van der Waals surface area contributed by atoms with Crippen LogP contribution in [0, 0.1) is 5.92 Å². The maximum atomic E-state index is 6.30. The first kappa shape index (κ1) is 13.8. The smallest absolute Gasteiger partial charge is 0.125 e. The van der Waals surface area contributed by atoms with Gasteiger partial charge in [-0.2, -0.15) is 0 Å². The van der Waals surface area contributed by atoms with E-state index in [9.17, 15) is 0 Å². The number of hydrogen-bond acceptors (Lipinski definition) is 3. The van der Waals surface area contributed by atoms with Gasteiger partial charge in [0.15, 0.2) is 0 Å². The fourth-order valence-electron chi connectivity index (χ4n) is 1.61. The van der Waals surface area contributed by atoms with Crippen molar-refractivity contribution in [1.82, 2.24) is 0 Å². The van der Waals surface area contributed by atoms with Crippen molar-refractivity contribution in [3.05, 3.63) is 23.8 Å². The third-order valence-corrected chi connectivity index (χ3v) is 3.38. The van der Waals surface area contributed by atoms with E-state index in [-0.39, 0.29) is 5.54 Å². The maximum Gasteiger partial charge on any atom is 0.125 e. The van der Waals surface area contributed by atoms with E-state index in [0.717, 1.165) is 23.5 Å². The minimum Gasteiger partial charge on any atom is -0.497 e. The first-order chi connectivity index (χ1) is 7.90. The molecule has 1 aromatic carbocycles. The highest BCUT2D eigenvalue weighted by Crippen LogP contribution is 2.29. The van der Waals surface area contributed by atoms with E-state index in [1.54, 1.807) is 14.2 Å². The summed E-state index contributed by atoms with van der Waals surface area (Å²) in [5, 5.41) is 0. The minimum atomic E-state index is -0.234. The van der Waals surface area contributed by atoms with Gasteiger partial charge in [-0.15, -0.1) is 0 Å². The van der Waals surface area contributed by atoms with Gasteiger partial charge in [0.1, 0.15) is 11.5 Å². The molecule has 0 spiro atoms. The summed E-state index contributed by atoms with van der Waals surface area (Å²) < 4.78 is 10.6. The topological polar surface area (TPSA) is 44.5 Å².